The lowest BCUT2D eigenvalue weighted by molar-refractivity contribution is -0.384. The molecular weight excluding hydrogens is 328 g/mol. The molecule has 0 fully saturated rings. The lowest BCUT2D eigenvalue weighted by atomic mass is 10.2. The van der Waals surface area contributed by atoms with Crippen LogP contribution in [0.3, 0.4) is 0 Å². The lowest BCUT2D eigenvalue weighted by Crippen LogP contribution is -2.32. The van der Waals surface area contributed by atoms with E-state index >= 15 is 0 Å². The Kier molecular flexibility index (Phi) is 4.85. The summed E-state index contributed by atoms with van der Waals surface area (Å²) >= 11 is 1.48. The molecule has 0 N–H and O–H groups in total. The number of amidine groups is 1. The number of aromatic nitrogens is 1. The minimum atomic E-state index is -0.485. The molecule has 3 rings (SSSR count). The van der Waals surface area contributed by atoms with Crippen molar-refractivity contribution in [2.45, 2.75) is 5.75 Å². The van der Waals surface area contributed by atoms with Crippen LogP contribution in [0.1, 0.15) is 15.9 Å². The van der Waals surface area contributed by atoms with Crippen LogP contribution in [0, 0.1) is 10.1 Å². The molecular formula is C16H14N4O3S. The molecule has 7 nitrogen and oxygen atoms in total. The Hall–Kier alpha value is -2.74. The first-order chi connectivity index (χ1) is 11.6. The topological polar surface area (TPSA) is 88.7 Å². The zero-order valence-electron chi connectivity index (χ0n) is 12.7. The summed E-state index contributed by atoms with van der Waals surface area (Å²) in [4.78, 5) is 32.9. The Bertz CT molecular complexity index is 778. The predicted octanol–water partition coefficient (Wildman–Crippen LogP) is 2.74. The summed E-state index contributed by atoms with van der Waals surface area (Å²) in [7, 11) is 0. The highest BCUT2D eigenvalue weighted by Crippen LogP contribution is 2.22. The number of hydrogen-bond donors (Lipinski definition) is 0. The lowest BCUT2D eigenvalue weighted by Gasteiger charge is -2.17. The smallest absolute Gasteiger partial charge is 0.269 e. The van der Waals surface area contributed by atoms with E-state index < -0.39 is 4.92 Å². The number of nitro benzene ring substituents is 1. The van der Waals surface area contributed by atoms with E-state index in [1.165, 1.54) is 36.0 Å². The monoisotopic (exact) mass is 342 g/mol. The molecule has 1 aliphatic rings. The quantitative estimate of drug-likeness (QED) is 0.629. The highest BCUT2D eigenvalue weighted by Gasteiger charge is 2.25. The van der Waals surface area contributed by atoms with Gasteiger partial charge in [-0.3, -0.25) is 29.8 Å². The molecule has 0 unspecified atom stereocenters. The first kappa shape index (κ1) is 16.1. The van der Waals surface area contributed by atoms with E-state index in [0.717, 1.165) is 5.56 Å². The largest absolute Gasteiger partial charge is 0.286 e. The number of thioether (sulfide) groups is 1. The van der Waals surface area contributed by atoms with Crippen molar-refractivity contribution in [1.82, 2.24) is 9.88 Å². The third-order valence-corrected chi connectivity index (χ3v) is 4.55. The Labute approximate surface area is 142 Å². The van der Waals surface area contributed by atoms with Crippen molar-refractivity contribution < 1.29 is 9.72 Å². The van der Waals surface area contributed by atoms with E-state index in [0.29, 0.717) is 29.6 Å². The minimum Gasteiger partial charge on any atom is -0.286 e. The molecule has 1 aromatic heterocycles. The molecule has 0 spiro atoms. The molecule has 1 amide bonds. The van der Waals surface area contributed by atoms with Gasteiger partial charge < -0.3 is 0 Å². The fourth-order valence-corrected chi connectivity index (χ4v) is 3.23. The van der Waals surface area contributed by atoms with Gasteiger partial charge in [-0.15, -0.1) is 0 Å². The molecule has 0 saturated heterocycles. The molecule has 24 heavy (non-hydrogen) atoms. The maximum atomic E-state index is 12.6. The van der Waals surface area contributed by atoms with Crippen molar-refractivity contribution in [3.8, 4) is 0 Å². The number of carbonyl (C=O) groups excluding carboxylic acids is 1. The van der Waals surface area contributed by atoms with Gasteiger partial charge in [0, 0.05) is 42.4 Å². The van der Waals surface area contributed by atoms with Crippen molar-refractivity contribution in [2.24, 2.45) is 4.99 Å². The van der Waals surface area contributed by atoms with Crippen LogP contribution >= 0.6 is 11.8 Å². The summed E-state index contributed by atoms with van der Waals surface area (Å²) in [6.45, 7) is 1.08. The summed E-state index contributed by atoms with van der Waals surface area (Å²) in [6, 6.07) is 9.46. The van der Waals surface area contributed by atoms with Gasteiger partial charge >= 0.3 is 0 Å². The first-order valence-corrected chi connectivity index (χ1v) is 8.26. The number of nitro groups is 1. The zero-order chi connectivity index (χ0) is 16.9. The van der Waals surface area contributed by atoms with E-state index in [1.807, 2.05) is 12.1 Å². The molecule has 0 bridgehead atoms. The van der Waals surface area contributed by atoms with Crippen LogP contribution in [-0.4, -0.2) is 39.0 Å². The summed E-state index contributed by atoms with van der Waals surface area (Å²) in [6.07, 6.45) is 3.50. The Morgan fingerprint density at radius 1 is 1.29 bits per heavy atom. The molecule has 0 aliphatic carbocycles. The predicted molar refractivity (Wildman–Crippen MR) is 92.0 cm³/mol. The SMILES string of the molecule is O=C(c1ccc([N+](=O)[O-])cc1)N1CCN=C1SCc1cccnc1. The van der Waals surface area contributed by atoms with Gasteiger partial charge in [-0.25, -0.2) is 0 Å². The van der Waals surface area contributed by atoms with E-state index in [1.54, 1.807) is 17.3 Å². The van der Waals surface area contributed by atoms with E-state index in [2.05, 4.69) is 9.98 Å². The number of rotatable bonds is 4. The zero-order valence-corrected chi connectivity index (χ0v) is 13.5. The standard InChI is InChI=1S/C16H14N4O3S/c21-15(13-3-5-14(6-4-13)20(22)23)19-9-8-18-16(19)24-11-12-2-1-7-17-10-12/h1-7,10H,8-9,11H2. The number of aliphatic imine (C=N–C) groups is 1. The third kappa shape index (κ3) is 3.60. The van der Waals surface area contributed by atoms with Gasteiger partial charge in [-0.1, -0.05) is 17.8 Å². The minimum absolute atomic E-state index is 0.0344. The summed E-state index contributed by atoms with van der Waals surface area (Å²) < 4.78 is 0. The fraction of sp³-hybridized carbons (Fsp3) is 0.188. The van der Waals surface area contributed by atoms with Gasteiger partial charge in [-0.2, -0.15) is 0 Å². The van der Waals surface area contributed by atoms with Gasteiger partial charge in [0.25, 0.3) is 11.6 Å². The van der Waals surface area contributed by atoms with Crippen LogP contribution in [0.4, 0.5) is 5.69 Å². The number of carbonyl (C=O) groups is 1. The van der Waals surface area contributed by atoms with Gasteiger partial charge in [0.2, 0.25) is 0 Å². The van der Waals surface area contributed by atoms with Crippen LogP contribution in [0.2, 0.25) is 0 Å². The maximum absolute atomic E-state index is 12.6. The number of amides is 1. The molecule has 8 heteroatoms. The average molecular weight is 342 g/mol. The number of pyridine rings is 1. The fourth-order valence-electron chi connectivity index (χ4n) is 2.25. The second kappa shape index (κ2) is 7.22. The normalized spacial score (nSPS) is 13.7. The molecule has 2 aromatic rings. The van der Waals surface area contributed by atoms with Crippen molar-refractivity contribution >= 4 is 28.5 Å². The van der Waals surface area contributed by atoms with E-state index in [9.17, 15) is 14.9 Å². The van der Waals surface area contributed by atoms with Crippen molar-refractivity contribution in [3.63, 3.8) is 0 Å². The van der Waals surface area contributed by atoms with E-state index in [-0.39, 0.29) is 11.6 Å². The Balaban J connectivity index is 1.68. The van der Waals surface area contributed by atoms with Crippen molar-refractivity contribution in [1.29, 1.82) is 0 Å². The summed E-state index contributed by atoms with van der Waals surface area (Å²) in [5.74, 6) is 0.483. The molecule has 0 atom stereocenters. The second-order valence-corrected chi connectivity index (χ2v) is 6.02. The van der Waals surface area contributed by atoms with Gasteiger partial charge in [-0.05, 0) is 23.8 Å². The summed E-state index contributed by atoms with van der Waals surface area (Å²) in [5.41, 5.74) is 1.44. The summed E-state index contributed by atoms with van der Waals surface area (Å²) in [5, 5.41) is 11.4. The van der Waals surface area contributed by atoms with Crippen LogP contribution in [0.5, 0.6) is 0 Å². The number of benzene rings is 1. The van der Waals surface area contributed by atoms with Crippen LogP contribution in [-0.2, 0) is 5.75 Å². The Morgan fingerprint density at radius 2 is 2.08 bits per heavy atom. The molecule has 0 saturated carbocycles. The van der Waals surface area contributed by atoms with Gasteiger partial charge in [0.15, 0.2) is 5.17 Å². The first-order valence-electron chi connectivity index (χ1n) is 7.27. The second-order valence-electron chi connectivity index (χ2n) is 5.08. The molecule has 1 aliphatic heterocycles. The molecule has 0 radical (unpaired) electrons. The number of non-ortho nitro benzene ring substituents is 1. The molecule has 1 aromatic carbocycles. The van der Waals surface area contributed by atoms with Crippen LogP contribution in [0.25, 0.3) is 0 Å². The van der Waals surface area contributed by atoms with Crippen LogP contribution < -0.4 is 0 Å². The molecule has 122 valence electrons. The average Bonchev–Trinajstić information content (AvgIpc) is 3.09. The van der Waals surface area contributed by atoms with E-state index in [4.69, 9.17) is 0 Å². The maximum Gasteiger partial charge on any atom is 0.269 e. The van der Waals surface area contributed by atoms with Crippen molar-refractivity contribution in [2.75, 3.05) is 13.1 Å². The van der Waals surface area contributed by atoms with Gasteiger partial charge in [0.1, 0.15) is 0 Å². The number of hydrogen-bond acceptors (Lipinski definition) is 6. The van der Waals surface area contributed by atoms with Gasteiger partial charge in [0.05, 0.1) is 11.5 Å². The number of nitrogens with zero attached hydrogens (tertiary/aromatic N) is 4. The Morgan fingerprint density at radius 3 is 2.75 bits per heavy atom. The highest BCUT2D eigenvalue weighted by molar-refractivity contribution is 8.13. The van der Waals surface area contributed by atoms with Crippen LogP contribution in [0.15, 0.2) is 53.8 Å². The molecule has 2 heterocycles. The highest BCUT2D eigenvalue weighted by atomic mass is 32.2. The van der Waals surface area contributed by atoms with Crippen molar-refractivity contribution in [3.05, 3.63) is 70.0 Å². The third-order valence-electron chi connectivity index (χ3n) is 3.46.